The van der Waals surface area contributed by atoms with Crippen molar-refractivity contribution < 1.29 is 14.3 Å². The molecule has 2 N–H and O–H groups in total. The van der Waals surface area contributed by atoms with Gasteiger partial charge in [0.1, 0.15) is 6.61 Å². The molecule has 1 aliphatic rings. The van der Waals surface area contributed by atoms with Gasteiger partial charge in [0.05, 0.1) is 5.54 Å². The first-order valence-electron chi connectivity index (χ1n) is 6.82. The van der Waals surface area contributed by atoms with Crippen LogP contribution in [0.15, 0.2) is 30.3 Å². The highest BCUT2D eigenvalue weighted by Crippen LogP contribution is 2.20. The van der Waals surface area contributed by atoms with Crippen molar-refractivity contribution in [2.75, 3.05) is 6.54 Å². The topological polar surface area (TPSA) is 72.6 Å². The minimum atomic E-state index is -0.984. The first-order chi connectivity index (χ1) is 9.50. The number of imide groups is 1. The van der Waals surface area contributed by atoms with E-state index in [1.54, 1.807) is 6.92 Å². The van der Waals surface area contributed by atoms with Gasteiger partial charge in [-0.15, -0.1) is 12.4 Å². The van der Waals surface area contributed by atoms with Crippen molar-refractivity contribution in [3.05, 3.63) is 35.9 Å². The smallest absolute Gasteiger partial charge is 0.416 e. The van der Waals surface area contributed by atoms with Gasteiger partial charge in [0.15, 0.2) is 0 Å². The van der Waals surface area contributed by atoms with Crippen LogP contribution >= 0.6 is 12.4 Å². The van der Waals surface area contributed by atoms with Crippen LogP contribution in [0, 0.1) is 0 Å². The molecule has 0 unspecified atom stereocenters. The van der Waals surface area contributed by atoms with Crippen LogP contribution in [0.4, 0.5) is 4.79 Å². The van der Waals surface area contributed by atoms with Crippen molar-refractivity contribution in [3.63, 3.8) is 0 Å². The average Bonchev–Trinajstić information content (AvgIpc) is 2.57. The number of carbonyl (C=O) groups is 2. The summed E-state index contributed by atoms with van der Waals surface area (Å²) in [5, 5.41) is 0. The first kappa shape index (κ1) is 17.5. The molecule has 1 aromatic carbocycles. The molecule has 1 aromatic rings. The largest absolute Gasteiger partial charge is 0.444 e. The van der Waals surface area contributed by atoms with Crippen LogP contribution in [0.5, 0.6) is 0 Å². The second-order valence-electron chi connectivity index (χ2n) is 5.37. The Kier molecular flexibility index (Phi) is 6.18. The predicted octanol–water partition coefficient (Wildman–Crippen LogP) is 2.47. The number of nitrogens with zero attached hydrogens (tertiary/aromatic N) is 1. The van der Waals surface area contributed by atoms with Crippen molar-refractivity contribution in [1.29, 1.82) is 0 Å². The molecular formula is C15H21ClN2O3. The SMILES string of the molecule is C[C@]1(N)CCCCN(C(=O)OCc2ccccc2)C1=O.Cl. The molecule has 116 valence electrons. The fourth-order valence-electron chi connectivity index (χ4n) is 2.25. The summed E-state index contributed by atoms with van der Waals surface area (Å²) in [7, 11) is 0. The van der Waals surface area contributed by atoms with Gasteiger partial charge in [0, 0.05) is 6.54 Å². The number of carbonyl (C=O) groups excluding carboxylic acids is 2. The minimum absolute atomic E-state index is 0. The third kappa shape index (κ3) is 4.44. The molecule has 2 rings (SSSR count). The normalized spacial score (nSPS) is 22.2. The van der Waals surface area contributed by atoms with Crippen molar-refractivity contribution >= 4 is 24.4 Å². The molecule has 0 spiro atoms. The Labute approximate surface area is 130 Å². The van der Waals surface area contributed by atoms with Crippen LogP contribution in [0.3, 0.4) is 0 Å². The van der Waals surface area contributed by atoms with Gasteiger partial charge in [-0.25, -0.2) is 9.69 Å². The minimum Gasteiger partial charge on any atom is -0.444 e. The molecule has 1 saturated heterocycles. The second-order valence-corrected chi connectivity index (χ2v) is 5.37. The maximum atomic E-state index is 12.2. The Hall–Kier alpha value is -1.59. The van der Waals surface area contributed by atoms with Gasteiger partial charge in [0.2, 0.25) is 0 Å². The lowest BCUT2D eigenvalue weighted by molar-refractivity contribution is -0.134. The number of hydrogen-bond acceptors (Lipinski definition) is 4. The lowest BCUT2D eigenvalue weighted by atomic mass is 9.97. The van der Waals surface area contributed by atoms with E-state index < -0.39 is 11.6 Å². The third-order valence-electron chi connectivity index (χ3n) is 3.49. The first-order valence-corrected chi connectivity index (χ1v) is 6.82. The van der Waals surface area contributed by atoms with E-state index in [0.29, 0.717) is 13.0 Å². The van der Waals surface area contributed by atoms with E-state index in [1.807, 2.05) is 30.3 Å². The maximum absolute atomic E-state index is 12.2. The van der Waals surface area contributed by atoms with Crippen molar-refractivity contribution in [1.82, 2.24) is 4.90 Å². The van der Waals surface area contributed by atoms with E-state index in [-0.39, 0.29) is 24.9 Å². The van der Waals surface area contributed by atoms with Gasteiger partial charge in [-0.05, 0) is 31.7 Å². The molecule has 6 heteroatoms. The number of halogens is 1. The molecule has 2 amide bonds. The van der Waals surface area contributed by atoms with Crippen LogP contribution in [-0.4, -0.2) is 29.0 Å². The van der Waals surface area contributed by atoms with Crippen LogP contribution in [0.2, 0.25) is 0 Å². The monoisotopic (exact) mass is 312 g/mol. The molecule has 1 atom stereocenters. The van der Waals surface area contributed by atoms with Gasteiger partial charge in [0.25, 0.3) is 5.91 Å². The highest BCUT2D eigenvalue weighted by atomic mass is 35.5. The molecule has 0 bridgehead atoms. The summed E-state index contributed by atoms with van der Waals surface area (Å²) >= 11 is 0. The zero-order valence-corrected chi connectivity index (χ0v) is 12.9. The maximum Gasteiger partial charge on any atom is 0.416 e. The zero-order chi connectivity index (χ0) is 14.6. The molecule has 0 aliphatic carbocycles. The van der Waals surface area contributed by atoms with E-state index in [1.165, 1.54) is 0 Å². The molecule has 5 nitrogen and oxygen atoms in total. The fraction of sp³-hybridized carbons (Fsp3) is 0.467. The molecule has 0 saturated carbocycles. The van der Waals surface area contributed by atoms with Crippen LogP contribution < -0.4 is 5.73 Å². The van der Waals surface area contributed by atoms with E-state index in [2.05, 4.69) is 0 Å². The van der Waals surface area contributed by atoms with Crippen LogP contribution in [0.25, 0.3) is 0 Å². The molecule has 1 aliphatic heterocycles. The summed E-state index contributed by atoms with van der Waals surface area (Å²) in [5.41, 5.74) is 5.86. The van der Waals surface area contributed by atoms with Gasteiger partial charge < -0.3 is 10.5 Å². The number of benzene rings is 1. The van der Waals surface area contributed by atoms with Crippen molar-refractivity contribution in [3.8, 4) is 0 Å². The molecule has 1 heterocycles. The van der Waals surface area contributed by atoms with Crippen molar-refractivity contribution in [2.24, 2.45) is 5.73 Å². The molecule has 21 heavy (non-hydrogen) atoms. The summed E-state index contributed by atoms with van der Waals surface area (Å²) in [6.45, 7) is 2.20. The van der Waals surface area contributed by atoms with Gasteiger partial charge in [-0.3, -0.25) is 4.79 Å². The second kappa shape index (κ2) is 7.43. The van der Waals surface area contributed by atoms with Crippen LogP contribution in [0.1, 0.15) is 31.7 Å². The van der Waals surface area contributed by atoms with Gasteiger partial charge in [-0.1, -0.05) is 30.3 Å². The Balaban J connectivity index is 0.00000220. The lowest BCUT2D eigenvalue weighted by Crippen LogP contribution is -2.53. The summed E-state index contributed by atoms with van der Waals surface area (Å²) in [5.74, 6) is -0.354. The van der Waals surface area contributed by atoms with E-state index in [0.717, 1.165) is 23.3 Å². The Morgan fingerprint density at radius 2 is 2.00 bits per heavy atom. The Morgan fingerprint density at radius 3 is 2.67 bits per heavy atom. The lowest BCUT2D eigenvalue weighted by Gasteiger charge is -2.26. The summed E-state index contributed by atoms with van der Waals surface area (Å²) in [6.07, 6.45) is 1.58. The number of amides is 2. The number of hydrogen-bond donors (Lipinski definition) is 1. The number of rotatable bonds is 2. The number of nitrogens with two attached hydrogens (primary N) is 1. The Bertz CT molecular complexity index is 491. The fourth-order valence-corrected chi connectivity index (χ4v) is 2.25. The molecule has 0 radical (unpaired) electrons. The van der Waals surface area contributed by atoms with Crippen molar-refractivity contribution in [2.45, 2.75) is 38.3 Å². The van der Waals surface area contributed by atoms with Crippen LogP contribution in [-0.2, 0) is 16.1 Å². The van der Waals surface area contributed by atoms with Gasteiger partial charge in [-0.2, -0.15) is 0 Å². The summed E-state index contributed by atoms with van der Waals surface area (Å²) in [4.78, 5) is 25.4. The van der Waals surface area contributed by atoms with E-state index in [4.69, 9.17) is 10.5 Å². The number of likely N-dealkylation sites (tertiary alicyclic amines) is 1. The highest BCUT2D eigenvalue weighted by molar-refractivity contribution is 5.97. The molecular weight excluding hydrogens is 292 g/mol. The van der Waals surface area contributed by atoms with E-state index in [9.17, 15) is 9.59 Å². The van der Waals surface area contributed by atoms with E-state index >= 15 is 0 Å². The number of ether oxygens (including phenoxy) is 1. The van der Waals surface area contributed by atoms with Gasteiger partial charge >= 0.3 is 6.09 Å². The summed E-state index contributed by atoms with van der Waals surface area (Å²) < 4.78 is 5.20. The quantitative estimate of drug-likeness (QED) is 0.910. The molecule has 1 fully saturated rings. The zero-order valence-electron chi connectivity index (χ0n) is 12.1. The predicted molar refractivity (Wildman–Crippen MR) is 82.0 cm³/mol. The Morgan fingerprint density at radius 1 is 1.33 bits per heavy atom. The summed E-state index contributed by atoms with van der Waals surface area (Å²) in [6, 6.07) is 9.37. The standard InChI is InChI=1S/C15H20N2O3.ClH/c1-15(16)9-5-6-10-17(13(15)18)14(19)20-11-12-7-3-2-4-8-12;/h2-4,7-8H,5-6,9-11,16H2,1H3;1H/t15-;/m0./s1. The third-order valence-corrected chi connectivity index (χ3v) is 3.49. The highest BCUT2D eigenvalue weighted by Gasteiger charge is 2.38. The molecule has 0 aromatic heterocycles. The average molecular weight is 313 g/mol.